The summed E-state index contributed by atoms with van der Waals surface area (Å²) in [6, 6.07) is 0. The summed E-state index contributed by atoms with van der Waals surface area (Å²) in [5, 5.41) is 0. The highest BCUT2D eigenvalue weighted by molar-refractivity contribution is 5.84. The minimum atomic E-state index is -1.66. The Morgan fingerprint density at radius 2 is 1.28 bits per heavy atom. The molecule has 0 radical (unpaired) electrons. The molecule has 0 aromatic rings. The van der Waals surface area contributed by atoms with Gasteiger partial charge in [-0.1, -0.05) is 0 Å². The van der Waals surface area contributed by atoms with Crippen molar-refractivity contribution < 1.29 is 52.4 Å². The second kappa shape index (κ2) is 8.46. The fourth-order valence-corrected chi connectivity index (χ4v) is 3.54. The van der Waals surface area contributed by atoms with Crippen LogP contribution in [0.25, 0.3) is 0 Å². The van der Waals surface area contributed by atoms with Gasteiger partial charge in [0.25, 0.3) is 0 Å². The zero-order valence-corrected chi connectivity index (χ0v) is 17.0. The van der Waals surface area contributed by atoms with Crippen LogP contribution < -0.4 is 0 Å². The summed E-state index contributed by atoms with van der Waals surface area (Å²) in [6.45, 7) is 7.11. The first-order chi connectivity index (χ1) is 13.4. The molecule has 0 spiro atoms. The topological polar surface area (TPSA) is 141 Å². The highest BCUT2D eigenvalue weighted by Crippen LogP contribution is 2.45. The van der Waals surface area contributed by atoms with Crippen LogP contribution in [-0.4, -0.2) is 72.1 Å². The number of esters is 4. The van der Waals surface area contributed by atoms with Crippen LogP contribution in [0.4, 0.5) is 0 Å². The average Bonchev–Trinajstić information content (AvgIpc) is 2.87. The molecule has 7 atom stereocenters. The maximum atomic E-state index is 12.1. The molecule has 0 aromatic carbocycles. The Bertz CT molecular complexity index is 717. The number of ketones is 1. The Morgan fingerprint density at radius 1 is 0.759 bits per heavy atom. The second-order valence-corrected chi connectivity index (χ2v) is 7.00. The molecule has 2 rings (SSSR count). The summed E-state index contributed by atoms with van der Waals surface area (Å²) in [5.41, 5.74) is 0. The molecule has 0 unspecified atom stereocenters. The Labute approximate surface area is 166 Å². The van der Waals surface area contributed by atoms with E-state index in [0.29, 0.717) is 0 Å². The molecule has 0 aliphatic carbocycles. The average molecular weight is 416 g/mol. The van der Waals surface area contributed by atoms with Crippen LogP contribution in [0.5, 0.6) is 0 Å². The molecule has 0 saturated carbocycles. The lowest BCUT2D eigenvalue weighted by atomic mass is 9.91. The van der Waals surface area contributed by atoms with E-state index in [1.54, 1.807) is 0 Å². The summed E-state index contributed by atoms with van der Waals surface area (Å²) in [6.07, 6.45) is -7.62. The maximum absolute atomic E-state index is 12.1. The van der Waals surface area contributed by atoms with Gasteiger partial charge in [-0.3, -0.25) is 24.0 Å². The Balaban J connectivity index is 2.53. The van der Waals surface area contributed by atoms with Crippen LogP contribution in [0.1, 0.15) is 41.5 Å². The zero-order chi connectivity index (χ0) is 22.1. The van der Waals surface area contributed by atoms with Crippen molar-refractivity contribution in [2.24, 2.45) is 0 Å². The van der Waals surface area contributed by atoms with Gasteiger partial charge in [-0.2, -0.15) is 0 Å². The molecule has 162 valence electrons. The number of carbonyl (C=O) groups is 5. The number of ether oxygens (including phenoxy) is 6. The summed E-state index contributed by atoms with van der Waals surface area (Å²) < 4.78 is 32.6. The normalized spacial score (nSPS) is 33.9. The number of rotatable bonds is 6. The molecule has 0 N–H and O–H groups in total. The second-order valence-electron chi connectivity index (χ2n) is 7.00. The molecular weight excluding hydrogens is 392 g/mol. The predicted molar refractivity (Wildman–Crippen MR) is 91.0 cm³/mol. The molecule has 11 nitrogen and oxygen atoms in total. The largest absolute Gasteiger partial charge is 0.456 e. The lowest BCUT2D eigenvalue weighted by molar-refractivity contribution is -0.295. The van der Waals surface area contributed by atoms with Gasteiger partial charge in [0.1, 0.15) is 12.2 Å². The van der Waals surface area contributed by atoms with Crippen LogP contribution in [0.3, 0.4) is 0 Å². The third kappa shape index (κ3) is 4.91. The smallest absolute Gasteiger partial charge is 0.303 e. The molecule has 2 aliphatic rings. The first-order valence-corrected chi connectivity index (χ1v) is 8.90. The molecular formula is C18H24O11. The van der Waals surface area contributed by atoms with E-state index in [-0.39, 0.29) is 0 Å². The van der Waals surface area contributed by atoms with Crippen LogP contribution in [-0.2, 0) is 52.4 Å². The Hall–Kier alpha value is -2.53. The van der Waals surface area contributed by atoms with E-state index in [1.807, 2.05) is 0 Å². The number of carbonyl (C=O) groups excluding carboxylic acids is 5. The van der Waals surface area contributed by atoms with Gasteiger partial charge < -0.3 is 28.4 Å². The first-order valence-electron chi connectivity index (χ1n) is 8.90. The molecule has 11 heteroatoms. The van der Waals surface area contributed by atoms with Crippen molar-refractivity contribution >= 4 is 29.7 Å². The molecule has 2 aliphatic heterocycles. The van der Waals surface area contributed by atoms with Gasteiger partial charge in [0.05, 0.1) is 0 Å². The monoisotopic (exact) mass is 416 g/mol. The van der Waals surface area contributed by atoms with Gasteiger partial charge in [-0.15, -0.1) is 0 Å². The summed E-state index contributed by atoms with van der Waals surface area (Å²) >= 11 is 0. The summed E-state index contributed by atoms with van der Waals surface area (Å²) in [7, 11) is 0. The minimum absolute atomic E-state index is 0.542. The van der Waals surface area contributed by atoms with Gasteiger partial charge in [0.15, 0.2) is 30.2 Å². The van der Waals surface area contributed by atoms with Crippen LogP contribution in [0.15, 0.2) is 0 Å². The third-order valence-electron chi connectivity index (χ3n) is 4.42. The summed E-state index contributed by atoms with van der Waals surface area (Å²) in [5.74, 6) is -5.14. The highest BCUT2D eigenvalue weighted by atomic mass is 16.8. The van der Waals surface area contributed by atoms with E-state index in [0.717, 1.165) is 27.7 Å². The molecule has 2 bridgehead atoms. The van der Waals surface area contributed by atoms with Gasteiger partial charge in [0, 0.05) is 27.7 Å². The molecule has 29 heavy (non-hydrogen) atoms. The lowest BCUT2D eigenvalue weighted by Crippen LogP contribution is -2.63. The number of Topliss-reactive ketones (excluding diaryl/α,β-unsaturated/α-hetero) is 1. The third-order valence-corrected chi connectivity index (χ3v) is 4.42. The van der Waals surface area contributed by atoms with E-state index in [9.17, 15) is 24.0 Å². The highest BCUT2D eigenvalue weighted by Gasteiger charge is 2.67. The zero-order valence-electron chi connectivity index (χ0n) is 17.0. The maximum Gasteiger partial charge on any atom is 0.303 e. The quantitative estimate of drug-likeness (QED) is 0.420. The van der Waals surface area contributed by atoms with Crippen molar-refractivity contribution in [1.29, 1.82) is 0 Å². The van der Waals surface area contributed by atoms with Crippen molar-refractivity contribution in [1.82, 2.24) is 0 Å². The Kier molecular flexibility index (Phi) is 6.63. The van der Waals surface area contributed by atoms with Gasteiger partial charge in [0.2, 0.25) is 5.79 Å². The van der Waals surface area contributed by atoms with Gasteiger partial charge in [-0.05, 0) is 13.8 Å². The fraction of sp³-hybridized carbons (Fsp3) is 0.722. The van der Waals surface area contributed by atoms with Crippen molar-refractivity contribution in [3.63, 3.8) is 0 Å². The SMILES string of the molecule is CC(=O)O[C@H]1[C@H]2O[C@](C)(O[C@@H]2[C@@H](OC(C)=O)C(C)=O)[C@H](OC(C)=O)[C@H]1OC(C)=O. The molecule has 2 fully saturated rings. The van der Waals surface area contributed by atoms with Gasteiger partial charge >= 0.3 is 23.9 Å². The molecule has 2 heterocycles. The lowest BCUT2D eigenvalue weighted by Gasteiger charge is -2.43. The van der Waals surface area contributed by atoms with Crippen molar-refractivity contribution in [2.45, 2.75) is 84.0 Å². The molecule has 0 aromatic heterocycles. The minimum Gasteiger partial charge on any atom is -0.456 e. The Morgan fingerprint density at radius 3 is 1.72 bits per heavy atom. The fourth-order valence-electron chi connectivity index (χ4n) is 3.54. The van der Waals surface area contributed by atoms with Crippen LogP contribution >= 0.6 is 0 Å². The van der Waals surface area contributed by atoms with Gasteiger partial charge in [-0.25, -0.2) is 0 Å². The van der Waals surface area contributed by atoms with Crippen LogP contribution in [0, 0.1) is 0 Å². The van der Waals surface area contributed by atoms with Crippen molar-refractivity contribution in [2.75, 3.05) is 0 Å². The van der Waals surface area contributed by atoms with E-state index in [4.69, 9.17) is 28.4 Å². The van der Waals surface area contributed by atoms with E-state index < -0.39 is 72.1 Å². The van der Waals surface area contributed by atoms with E-state index in [1.165, 1.54) is 13.8 Å². The predicted octanol–water partition coefficient (Wildman–Crippen LogP) is -0.184. The standard InChI is InChI=1S/C18H24O11/c1-7(19)12(24-8(2)20)14-15-13(25-9(3)21)16(26-10(4)22)17(27-11(5)23)18(6,28-14)29-15/h12-17H,1-6H3/t12-,13-,14+,15+,16-,17+,18-/m0/s1. The van der Waals surface area contributed by atoms with Crippen molar-refractivity contribution in [3.05, 3.63) is 0 Å². The molecule has 0 amide bonds. The first kappa shape index (κ1) is 22.8. The van der Waals surface area contributed by atoms with Crippen LogP contribution in [0.2, 0.25) is 0 Å². The molecule has 2 saturated heterocycles. The number of fused-ring (bicyclic) bond motifs is 2. The van der Waals surface area contributed by atoms with E-state index in [2.05, 4.69) is 0 Å². The van der Waals surface area contributed by atoms with E-state index >= 15 is 0 Å². The number of hydrogen-bond acceptors (Lipinski definition) is 11. The number of hydrogen-bond donors (Lipinski definition) is 0. The van der Waals surface area contributed by atoms with Crippen molar-refractivity contribution in [3.8, 4) is 0 Å². The summed E-state index contributed by atoms with van der Waals surface area (Å²) in [4.78, 5) is 58.6.